The number of hydrogen-bond donors (Lipinski definition) is 2. The number of nitrogens with zero attached hydrogens (tertiary/aromatic N) is 2. The van der Waals surface area contributed by atoms with Crippen molar-refractivity contribution in [3.63, 3.8) is 0 Å². The fourth-order valence-corrected chi connectivity index (χ4v) is 1.38. The van der Waals surface area contributed by atoms with Gasteiger partial charge in [-0.1, -0.05) is 6.92 Å². The zero-order valence-corrected chi connectivity index (χ0v) is 11.1. The van der Waals surface area contributed by atoms with Gasteiger partial charge < -0.3 is 10.6 Å². The summed E-state index contributed by atoms with van der Waals surface area (Å²) in [4.78, 5) is 11.6. The van der Waals surface area contributed by atoms with Gasteiger partial charge >= 0.3 is 6.18 Å². The normalized spacial score (nSPS) is 11.2. The minimum Gasteiger partial charge on any atom is -0.369 e. The average molecular weight is 290 g/mol. The van der Waals surface area contributed by atoms with Crippen LogP contribution in [0.1, 0.15) is 36.7 Å². The summed E-state index contributed by atoms with van der Waals surface area (Å²) in [6.07, 6.45) is -4.34. The summed E-state index contributed by atoms with van der Waals surface area (Å²) < 4.78 is 35.7. The maximum atomic E-state index is 11.9. The molecule has 1 aromatic rings. The zero-order valence-electron chi connectivity index (χ0n) is 11.1. The van der Waals surface area contributed by atoms with Gasteiger partial charge in [0.05, 0.1) is 0 Å². The molecule has 0 radical (unpaired) electrons. The number of carbonyl (C=O) groups excluding carboxylic acids is 1. The predicted octanol–water partition coefficient (Wildman–Crippen LogP) is 2.37. The molecule has 8 heteroatoms. The second-order valence-corrected chi connectivity index (χ2v) is 4.21. The summed E-state index contributed by atoms with van der Waals surface area (Å²) in [7, 11) is 0. The summed E-state index contributed by atoms with van der Waals surface area (Å²) in [6, 6.07) is 3.08. The summed E-state index contributed by atoms with van der Waals surface area (Å²) in [5.41, 5.74) is 0.0825. The van der Waals surface area contributed by atoms with Crippen LogP contribution in [-0.2, 0) is 0 Å². The first kappa shape index (κ1) is 16.2. The summed E-state index contributed by atoms with van der Waals surface area (Å²) in [5.74, 6) is 0.0298. The Morgan fingerprint density at radius 3 is 2.55 bits per heavy atom. The molecule has 0 saturated heterocycles. The Kier molecular flexibility index (Phi) is 6.20. The molecule has 0 bridgehead atoms. The van der Waals surface area contributed by atoms with Crippen LogP contribution in [0.4, 0.5) is 19.0 Å². The van der Waals surface area contributed by atoms with E-state index in [1.54, 1.807) is 6.07 Å². The summed E-state index contributed by atoms with van der Waals surface area (Å²) in [6.45, 7) is 2.71. The monoisotopic (exact) mass is 290 g/mol. The van der Waals surface area contributed by atoms with E-state index in [2.05, 4.69) is 20.8 Å². The van der Waals surface area contributed by atoms with Crippen LogP contribution in [0.5, 0.6) is 0 Å². The van der Waals surface area contributed by atoms with E-state index in [0.29, 0.717) is 5.82 Å². The van der Waals surface area contributed by atoms with Gasteiger partial charge in [0.1, 0.15) is 5.82 Å². The molecule has 0 aliphatic carbocycles. The maximum absolute atomic E-state index is 11.9. The van der Waals surface area contributed by atoms with Crippen molar-refractivity contribution >= 4 is 11.7 Å². The van der Waals surface area contributed by atoms with E-state index in [4.69, 9.17) is 0 Å². The standard InChI is InChI=1S/C12H17F3N4O/c1-2-7-16-10-5-4-9(18-19-10)11(20)17-8-3-6-12(13,14)15/h4-5H,2-3,6-8H2,1H3,(H,16,19)(H,17,20). The summed E-state index contributed by atoms with van der Waals surface area (Å²) in [5, 5.41) is 12.9. The molecule has 0 unspecified atom stereocenters. The Hall–Kier alpha value is -1.86. The molecule has 0 aliphatic heterocycles. The third-order valence-corrected chi connectivity index (χ3v) is 2.38. The van der Waals surface area contributed by atoms with Crippen LogP contribution in [0, 0.1) is 0 Å². The van der Waals surface area contributed by atoms with Crippen molar-refractivity contribution in [3.8, 4) is 0 Å². The van der Waals surface area contributed by atoms with Crippen molar-refractivity contribution in [2.24, 2.45) is 0 Å². The number of aromatic nitrogens is 2. The maximum Gasteiger partial charge on any atom is 0.389 e. The van der Waals surface area contributed by atoms with Crippen LogP contribution < -0.4 is 10.6 Å². The van der Waals surface area contributed by atoms with Gasteiger partial charge in [-0.25, -0.2) is 0 Å². The number of halogens is 3. The van der Waals surface area contributed by atoms with E-state index in [-0.39, 0.29) is 18.7 Å². The van der Waals surface area contributed by atoms with Crippen LogP contribution in [0.2, 0.25) is 0 Å². The van der Waals surface area contributed by atoms with Crippen molar-refractivity contribution in [1.29, 1.82) is 0 Å². The molecule has 5 nitrogen and oxygen atoms in total. The largest absolute Gasteiger partial charge is 0.389 e. The highest BCUT2D eigenvalue weighted by atomic mass is 19.4. The lowest BCUT2D eigenvalue weighted by atomic mass is 10.3. The molecule has 1 aromatic heterocycles. The smallest absolute Gasteiger partial charge is 0.369 e. The molecule has 1 rings (SSSR count). The molecule has 112 valence electrons. The molecule has 0 saturated carbocycles. The van der Waals surface area contributed by atoms with E-state index >= 15 is 0 Å². The highest BCUT2D eigenvalue weighted by Crippen LogP contribution is 2.20. The van der Waals surface area contributed by atoms with Gasteiger partial charge in [-0.05, 0) is 25.0 Å². The Labute approximate surface area is 115 Å². The minimum atomic E-state index is -4.20. The lowest BCUT2D eigenvalue weighted by Crippen LogP contribution is -2.26. The molecule has 1 amide bonds. The zero-order chi connectivity index (χ0) is 15.0. The Bertz CT molecular complexity index is 420. The first-order chi connectivity index (χ1) is 9.42. The van der Waals surface area contributed by atoms with Gasteiger partial charge in [-0.15, -0.1) is 10.2 Å². The van der Waals surface area contributed by atoms with Crippen molar-refractivity contribution in [2.75, 3.05) is 18.4 Å². The number of rotatable bonds is 7. The average Bonchev–Trinajstić information content (AvgIpc) is 2.40. The number of nitrogens with one attached hydrogen (secondary N) is 2. The third kappa shape index (κ3) is 6.35. The van der Waals surface area contributed by atoms with Crippen molar-refractivity contribution < 1.29 is 18.0 Å². The number of anilines is 1. The van der Waals surface area contributed by atoms with Gasteiger partial charge in [-0.2, -0.15) is 13.2 Å². The second-order valence-electron chi connectivity index (χ2n) is 4.21. The van der Waals surface area contributed by atoms with Gasteiger partial charge in [-0.3, -0.25) is 4.79 Å². The first-order valence-electron chi connectivity index (χ1n) is 6.35. The van der Waals surface area contributed by atoms with Gasteiger partial charge in [0.15, 0.2) is 5.69 Å². The van der Waals surface area contributed by atoms with Crippen LogP contribution in [0.25, 0.3) is 0 Å². The summed E-state index contributed by atoms with van der Waals surface area (Å²) >= 11 is 0. The van der Waals surface area contributed by atoms with Gasteiger partial charge in [0.25, 0.3) is 5.91 Å². The molecule has 1 heterocycles. The molecular formula is C12H17F3N4O. The van der Waals surface area contributed by atoms with Gasteiger partial charge in [0.2, 0.25) is 0 Å². The third-order valence-electron chi connectivity index (χ3n) is 2.38. The van der Waals surface area contributed by atoms with Crippen molar-refractivity contribution in [3.05, 3.63) is 17.8 Å². The van der Waals surface area contributed by atoms with Crippen LogP contribution in [-0.4, -0.2) is 35.4 Å². The fourth-order valence-electron chi connectivity index (χ4n) is 1.38. The lowest BCUT2D eigenvalue weighted by molar-refractivity contribution is -0.135. The quantitative estimate of drug-likeness (QED) is 0.757. The van der Waals surface area contributed by atoms with Crippen molar-refractivity contribution in [2.45, 2.75) is 32.4 Å². The molecule has 0 aromatic carbocycles. The molecule has 0 spiro atoms. The number of hydrogen-bond acceptors (Lipinski definition) is 4. The Balaban J connectivity index is 2.36. The Morgan fingerprint density at radius 2 is 2.00 bits per heavy atom. The minimum absolute atomic E-state index is 0.0458. The number of carbonyl (C=O) groups is 1. The molecule has 0 fully saturated rings. The molecule has 0 atom stereocenters. The molecule has 2 N–H and O–H groups in total. The van der Waals surface area contributed by atoms with Crippen LogP contribution in [0.15, 0.2) is 12.1 Å². The predicted molar refractivity (Wildman–Crippen MR) is 68.4 cm³/mol. The van der Waals surface area contributed by atoms with Crippen LogP contribution >= 0.6 is 0 Å². The van der Waals surface area contributed by atoms with Gasteiger partial charge in [0, 0.05) is 19.5 Å². The highest BCUT2D eigenvalue weighted by molar-refractivity contribution is 5.92. The number of alkyl halides is 3. The van der Waals surface area contributed by atoms with Crippen molar-refractivity contribution in [1.82, 2.24) is 15.5 Å². The lowest BCUT2D eigenvalue weighted by Gasteiger charge is -2.07. The first-order valence-corrected chi connectivity index (χ1v) is 6.35. The van der Waals surface area contributed by atoms with E-state index in [1.165, 1.54) is 6.07 Å². The topological polar surface area (TPSA) is 66.9 Å². The molecule has 20 heavy (non-hydrogen) atoms. The highest BCUT2D eigenvalue weighted by Gasteiger charge is 2.26. The van der Waals surface area contributed by atoms with E-state index in [1.807, 2.05) is 6.92 Å². The molecule has 0 aliphatic rings. The van der Waals surface area contributed by atoms with E-state index in [0.717, 1.165) is 13.0 Å². The molecular weight excluding hydrogens is 273 g/mol. The SMILES string of the molecule is CCCNc1ccc(C(=O)NCCCC(F)(F)F)nn1. The Morgan fingerprint density at radius 1 is 1.25 bits per heavy atom. The van der Waals surface area contributed by atoms with E-state index < -0.39 is 18.5 Å². The fraction of sp³-hybridized carbons (Fsp3) is 0.583. The number of amides is 1. The van der Waals surface area contributed by atoms with Crippen LogP contribution in [0.3, 0.4) is 0 Å². The van der Waals surface area contributed by atoms with E-state index in [9.17, 15) is 18.0 Å². The second kappa shape index (κ2) is 7.66.